The Labute approximate surface area is 153 Å². The molecule has 1 amide bonds. The standard InChI is InChI=1S/C18H16N2O3S2/c21-15-10-20(9-8-19-15)16(18(22)23)11-4-3-7-14-17(11)25-13-6-2-1-5-12(13)24-14/h1-7,16H,8-10H2,(H,19,21)(H,22,23). The number of amides is 1. The molecule has 2 aromatic rings. The lowest BCUT2D eigenvalue weighted by molar-refractivity contribution is -0.145. The smallest absolute Gasteiger partial charge is 0.325 e. The van der Waals surface area contributed by atoms with Crippen LogP contribution in [0.2, 0.25) is 0 Å². The first-order chi connectivity index (χ1) is 12.1. The summed E-state index contributed by atoms with van der Waals surface area (Å²) < 4.78 is 0. The zero-order chi connectivity index (χ0) is 17.4. The van der Waals surface area contributed by atoms with Crippen LogP contribution in [-0.4, -0.2) is 41.5 Å². The first-order valence-corrected chi connectivity index (χ1v) is 9.58. The van der Waals surface area contributed by atoms with Crippen LogP contribution < -0.4 is 5.32 Å². The molecular formula is C18H16N2O3S2. The number of fused-ring (bicyclic) bond motifs is 2. The Kier molecular flexibility index (Phi) is 4.45. The second kappa shape index (κ2) is 6.74. The summed E-state index contributed by atoms with van der Waals surface area (Å²) in [7, 11) is 0. The van der Waals surface area contributed by atoms with Crippen molar-refractivity contribution in [3.05, 3.63) is 48.0 Å². The van der Waals surface area contributed by atoms with Crippen LogP contribution in [0, 0.1) is 0 Å². The number of carbonyl (C=O) groups excluding carboxylic acids is 1. The first-order valence-electron chi connectivity index (χ1n) is 7.94. The van der Waals surface area contributed by atoms with Gasteiger partial charge < -0.3 is 10.4 Å². The predicted octanol–water partition coefficient (Wildman–Crippen LogP) is 2.86. The van der Waals surface area contributed by atoms with Crippen molar-refractivity contribution in [3.8, 4) is 0 Å². The summed E-state index contributed by atoms with van der Waals surface area (Å²) in [5, 5.41) is 12.6. The molecule has 0 aliphatic carbocycles. The molecule has 4 rings (SSSR count). The molecule has 0 radical (unpaired) electrons. The second-order valence-corrected chi connectivity index (χ2v) is 8.02. The maximum absolute atomic E-state index is 12.0. The molecule has 0 spiro atoms. The first kappa shape index (κ1) is 16.5. The van der Waals surface area contributed by atoms with Crippen molar-refractivity contribution in [1.29, 1.82) is 0 Å². The van der Waals surface area contributed by atoms with Gasteiger partial charge in [0.05, 0.1) is 6.54 Å². The van der Waals surface area contributed by atoms with Gasteiger partial charge in [0.15, 0.2) is 0 Å². The molecule has 2 aliphatic heterocycles. The number of carboxylic acids is 1. The fourth-order valence-electron chi connectivity index (χ4n) is 3.15. The van der Waals surface area contributed by atoms with Crippen molar-refractivity contribution in [2.45, 2.75) is 25.6 Å². The Balaban J connectivity index is 1.75. The molecule has 5 nitrogen and oxygen atoms in total. The van der Waals surface area contributed by atoms with Gasteiger partial charge in [0.1, 0.15) is 6.04 Å². The lowest BCUT2D eigenvalue weighted by atomic mass is 10.0. The molecule has 1 fully saturated rings. The molecule has 1 saturated heterocycles. The van der Waals surface area contributed by atoms with Crippen molar-refractivity contribution < 1.29 is 14.7 Å². The van der Waals surface area contributed by atoms with Gasteiger partial charge in [-0.3, -0.25) is 14.5 Å². The quantitative estimate of drug-likeness (QED) is 0.737. The number of carboxylic acid groups (broad SMARTS) is 1. The molecule has 0 saturated carbocycles. The Hall–Kier alpha value is -1.96. The number of nitrogens with zero attached hydrogens (tertiary/aromatic N) is 1. The van der Waals surface area contributed by atoms with E-state index in [1.54, 1.807) is 28.4 Å². The molecule has 0 bridgehead atoms. The maximum Gasteiger partial charge on any atom is 0.325 e. The van der Waals surface area contributed by atoms with E-state index in [-0.39, 0.29) is 12.5 Å². The monoisotopic (exact) mass is 372 g/mol. The SMILES string of the molecule is O=C1CN(C(C(=O)O)c2cccc3c2Sc2ccccc2S3)CCN1. The summed E-state index contributed by atoms with van der Waals surface area (Å²) in [6.45, 7) is 1.11. The minimum absolute atomic E-state index is 0.106. The van der Waals surface area contributed by atoms with Gasteiger partial charge in [0.25, 0.3) is 0 Å². The number of hydrogen-bond donors (Lipinski definition) is 2. The summed E-state index contributed by atoms with van der Waals surface area (Å²) in [4.78, 5) is 29.9. The van der Waals surface area contributed by atoms with Crippen LogP contribution in [0.4, 0.5) is 0 Å². The highest BCUT2D eigenvalue weighted by molar-refractivity contribution is 8.05. The normalized spacial score (nSPS) is 18.0. The Morgan fingerprint density at radius 1 is 1.08 bits per heavy atom. The number of nitrogens with one attached hydrogen (secondary N) is 1. The highest BCUT2D eigenvalue weighted by Crippen LogP contribution is 2.51. The van der Waals surface area contributed by atoms with Crippen molar-refractivity contribution >= 4 is 35.4 Å². The number of carbonyl (C=O) groups is 2. The van der Waals surface area contributed by atoms with E-state index >= 15 is 0 Å². The lowest BCUT2D eigenvalue weighted by Gasteiger charge is -2.33. The van der Waals surface area contributed by atoms with Gasteiger partial charge in [-0.1, -0.05) is 47.8 Å². The van der Waals surface area contributed by atoms with Crippen LogP contribution in [0.5, 0.6) is 0 Å². The van der Waals surface area contributed by atoms with E-state index in [0.29, 0.717) is 13.1 Å². The molecule has 0 aromatic heterocycles. The van der Waals surface area contributed by atoms with E-state index in [2.05, 4.69) is 17.4 Å². The second-order valence-electron chi connectivity index (χ2n) is 5.89. The minimum Gasteiger partial charge on any atom is -0.480 e. The number of benzene rings is 2. The predicted molar refractivity (Wildman–Crippen MR) is 96.1 cm³/mol. The van der Waals surface area contributed by atoms with E-state index in [1.165, 1.54) is 4.90 Å². The fourth-order valence-corrected chi connectivity index (χ4v) is 5.56. The molecule has 2 aromatic carbocycles. The number of rotatable bonds is 3. The molecule has 25 heavy (non-hydrogen) atoms. The van der Waals surface area contributed by atoms with Crippen LogP contribution in [0.1, 0.15) is 11.6 Å². The highest BCUT2D eigenvalue weighted by Gasteiger charge is 2.34. The molecule has 2 N–H and O–H groups in total. The fraction of sp³-hybridized carbons (Fsp3) is 0.222. The summed E-state index contributed by atoms with van der Waals surface area (Å²) >= 11 is 3.27. The minimum atomic E-state index is -0.924. The molecule has 1 atom stereocenters. The van der Waals surface area contributed by atoms with Crippen molar-refractivity contribution in [2.75, 3.05) is 19.6 Å². The Morgan fingerprint density at radius 2 is 1.80 bits per heavy atom. The summed E-state index contributed by atoms with van der Waals surface area (Å²) in [5.74, 6) is -1.05. The van der Waals surface area contributed by atoms with Gasteiger partial charge >= 0.3 is 5.97 Å². The van der Waals surface area contributed by atoms with Gasteiger partial charge in [-0.2, -0.15) is 0 Å². The molecule has 2 heterocycles. The third-order valence-corrected chi connectivity index (χ3v) is 6.88. The van der Waals surface area contributed by atoms with Gasteiger partial charge in [-0.25, -0.2) is 0 Å². The third kappa shape index (κ3) is 3.15. The topological polar surface area (TPSA) is 69.6 Å². The average Bonchev–Trinajstić information content (AvgIpc) is 2.60. The van der Waals surface area contributed by atoms with E-state index in [4.69, 9.17) is 0 Å². The number of aliphatic carboxylic acids is 1. The Bertz CT molecular complexity index is 856. The number of piperazine rings is 1. The zero-order valence-electron chi connectivity index (χ0n) is 13.3. The molecule has 7 heteroatoms. The van der Waals surface area contributed by atoms with E-state index in [0.717, 1.165) is 20.2 Å². The highest BCUT2D eigenvalue weighted by atomic mass is 32.2. The molecule has 128 valence electrons. The maximum atomic E-state index is 12.0. The van der Waals surface area contributed by atoms with Gasteiger partial charge in [0.2, 0.25) is 5.91 Å². The van der Waals surface area contributed by atoms with Crippen LogP contribution in [-0.2, 0) is 9.59 Å². The zero-order valence-corrected chi connectivity index (χ0v) is 14.9. The van der Waals surface area contributed by atoms with Crippen molar-refractivity contribution in [3.63, 3.8) is 0 Å². The third-order valence-electron chi connectivity index (χ3n) is 4.25. The van der Waals surface area contributed by atoms with Gasteiger partial charge in [0, 0.05) is 32.7 Å². The van der Waals surface area contributed by atoms with Crippen molar-refractivity contribution in [2.24, 2.45) is 0 Å². The summed E-state index contributed by atoms with van der Waals surface area (Å²) in [6, 6.07) is 13.1. The van der Waals surface area contributed by atoms with Crippen molar-refractivity contribution in [1.82, 2.24) is 10.2 Å². The lowest BCUT2D eigenvalue weighted by Crippen LogP contribution is -2.50. The largest absolute Gasteiger partial charge is 0.480 e. The molecular weight excluding hydrogens is 356 g/mol. The van der Waals surface area contributed by atoms with E-state index in [1.807, 2.05) is 30.3 Å². The van der Waals surface area contributed by atoms with Crippen LogP contribution in [0.3, 0.4) is 0 Å². The Morgan fingerprint density at radius 3 is 2.52 bits per heavy atom. The summed E-state index contributed by atoms with van der Waals surface area (Å²) in [6.07, 6.45) is 0. The van der Waals surface area contributed by atoms with Crippen LogP contribution in [0.25, 0.3) is 0 Å². The van der Waals surface area contributed by atoms with Gasteiger partial charge in [-0.15, -0.1) is 0 Å². The molecule has 1 unspecified atom stereocenters. The number of hydrogen-bond acceptors (Lipinski definition) is 5. The van der Waals surface area contributed by atoms with E-state index in [9.17, 15) is 14.7 Å². The molecule has 2 aliphatic rings. The average molecular weight is 372 g/mol. The van der Waals surface area contributed by atoms with E-state index < -0.39 is 12.0 Å². The summed E-state index contributed by atoms with van der Waals surface area (Å²) in [5.41, 5.74) is 0.756. The van der Waals surface area contributed by atoms with Crippen LogP contribution >= 0.6 is 23.5 Å². The van der Waals surface area contributed by atoms with Crippen LogP contribution in [0.15, 0.2) is 62.0 Å². The van der Waals surface area contributed by atoms with Gasteiger partial charge in [-0.05, 0) is 23.8 Å².